The van der Waals surface area contributed by atoms with Crippen LogP contribution in [0.5, 0.6) is 0 Å². The quantitative estimate of drug-likeness (QED) is 0.450. The van der Waals surface area contributed by atoms with Gasteiger partial charge in [0.2, 0.25) is 0 Å². The lowest BCUT2D eigenvalue weighted by Gasteiger charge is -2.14. The second kappa shape index (κ2) is 4.93. The normalized spacial score (nSPS) is 32.1. The number of rotatable bonds is 2. The van der Waals surface area contributed by atoms with Gasteiger partial charge in [0.15, 0.2) is 0 Å². The number of oxime groups is 1. The highest BCUT2D eigenvalue weighted by Crippen LogP contribution is 2.46. The van der Waals surface area contributed by atoms with E-state index in [0.29, 0.717) is 5.25 Å². The number of hydrogen-bond donors (Lipinski definition) is 1. The first kappa shape index (κ1) is 11.7. The standard InChI is InChI=1S/C8H14N2O2S2/c1-6-4-13-8(2,14-6)5-10-12-7(11)9-3/h5-6H,4H2,1-3H3,(H,9,11)/b10-5-/t6-,8+/m1/s1. The molecule has 0 aromatic heterocycles. The van der Waals surface area contributed by atoms with Crippen molar-refractivity contribution in [2.75, 3.05) is 12.8 Å². The minimum atomic E-state index is -0.536. The predicted molar refractivity (Wildman–Crippen MR) is 61.9 cm³/mol. The number of nitrogens with one attached hydrogen (secondary N) is 1. The SMILES string of the molecule is CNC(=O)O/N=C\[C@@]1(C)SC[C@@H](C)S1. The maximum absolute atomic E-state index is 10.7. The third kappa shape index (κ3) is 3.42. The van der Waals surface area contributed by atoms with Crippen LogP contribution in [0.15, 0.2) is 5.16 Å². The molecule has 0 aliphatic carbocycles. The van der Waals surface area contributed by atoms with Crippen LogP contribution in [-0.4, -0.2) is 34.4 Å². The summed E-state index contributed by atoms with van der Waals surface area (Å²) < 4.78 is -0.0621. The summed E-state index contributed by atoms with van der Waals surface area (Å²) in [5.41, 5.74) is 0. The van der Waals surface area contributed by atoms with Gasteiger partial charge in [-0.2, -0.15) is 0 Å². The molecule has 80 valence electrons. The maximum atomic E-state index is 10.7. The molecule has 0 saturated carbocycles. The summed E-state index contributed by atoms with van der Waals surface area (Å²) in [5.74, 6) is 1.10. The van der Waals surface area contributed by atoms with E-state index in [-0.39, 0.29) is 4.08 Å². The van der Waals surface area contributed by atoms with Crippen LogP contribution >= 0.6 is 23.5 Å². The van der Waals surface area contributed by atoms with Gasteiger partial charge in [-0.1, -0.05) is 12.1 Å². The Hall–Kier alpha value is -0.360. The first-order valence-corrected chi connectivity index (χ1v) is 6.17. The van der Waals surface area contributed by atoms with Gasteiger partial charge in [0.25, 0.3) is 0 Å². The largest absolute Gasteiger partial charge is 0.433 e. The molecular formula is C8H14N2O2S2. The molecule has 0 spiro atoms. The third-order valence-electron chi connectivity index (χ3n) is 1.67. The summed E-state index contributed by atoms with van der Waals surface area (Å²) >= 11 is 3.64. The minimum absolute atomic E-state index is 0.0621. The van der Waals surface area contributed by atoms with Gasteiger partial charge in [-0.05, 0) is 6.92 Å². The van der Waals surface area contributed by atoms with Crippen LogP contribution in [0.4, 0.5) is 4.79 Å². The van der Waals surface area contributed by atoms with Gasteiger partial charge >= 0.3 is 6.09 Å². The first-order chi connectivity index (χ1) is 6.56. The molecule has 0 aromatic carbocycles. The summed E-state index contributed by atoms with van der Waals surface area (Å²) in [7, 11) is 1.50. The van der Waals surface area contributed by atoms with E-state index in [9.17, 15) is 4.79 Å². The molecule has 0 unspecified atom stereocenters. The molecule has 2 atom stereocenters. The molecule has 1 N–H and O–H groups in total. The maximum Gasteiger partial charge on any atom is 0.433 e. The molecule has 1 rings (SSSR count). The van der Waals surface area contributed by atoms with Crippen LogP contribution in [0.3, 0.4) is 0 Å². The van der Waals surface area contributed by atoms with E-state index in [4.69, 9.17) is 0 Å². The molecule has 1 heterocycles. The molecule has 6 heteroatoms. The Morgan fingerprint density at radius 3 is 3.00 bits per heavy atom. The van der Waals surface area contributed by atoms with E-state index < -0.39 is 6.09 Å². The van der Waals surface area contributed by atoms with Crippen molar-refractivity contribution < 1.29 is 9.63 Å². The van der Waals surface area contributed by atoms with Gasteiger partial charge in [0.1, 0.15) is 0 Å². The number of amides is 1. The molecule has 1 aliphatic rings. The Morgan fingerprint density at radius 2 is 2.50 bits per heavy atom. The van der Waals surface area contributed by atoms with Crippen molar-refractivity contribution in [2.45, 2.75) is 23.2 Å². The Labute approximate surface area is 92.2 Å². The summed E-state index contributed by atoms with van der Waals surface area (Å²) in [6, 6.07) is 0. The van der Waals surface area contributed by atoms with E-state index in [1.165, 1.54) is 7.05 Å². The van der Waals surface area contributed by atoms with Gasteiger partial charge < -0.3 is 5.32 Å². The lowest BCUT2D eigenvalue weighted by molar-refractivity contribution is 0.153. The fraction of sp³-hybridized carbons (Fsp3) is 0.750. The summed E-state index contributed by atoms with van der Waals surface area (Å²) in [5, 5.41) is 6.60. The average molecular weight is 234 g/mol. The average Bonchev–Trinajstić information content (AvgIpc) is 2.46. The third-order valence-corrected chi connectivity index (χ3v) is 5.01. The molecule has 0 radical (unpaired) electrons. The highest BCUT2D eigenvalue weighted by Gasteiger charge is 2.33. The van der Waals surface area contributed by atoms with Crippen LogP contribution < -0.4 is 5.32 Å². The molecule has 14 heavy (non-hydrogen) atoms. The number of carbonyl (C=O) groups excluding carboxylic acids is 1. The Balaban J connectivity index is 2.39. The molecule has 4 nitrogen and oxygen atoms in total. The summed E-state index contributed by atoms with van der Waals surface area (Å²) in [6.07, 6.45) is 1.15. The van der Waals surface area contributed by atoms with Gasteiger partial charge in [-0.15, -0.1) is 23.5 Å². The molecular weight excluding hydrogens is 220 g/mol. The van der Waals surface area contributed by atoms with Crippen molar-refractivity contribution in [3.05, 3.63) is 0 Å². The van der Waals surface area contributed by atoms with Crippen molar-refractivity contribution in [3.63, 3.8) is 0 Å². The molecule has 1 saturated heterocycles. The minimum Gasteiger partial charge on any atom is -0.323 e. The first-order valence-electron chi connectivity index (χ1n) is 4.31. The van der Waals surface area contributed by atoms with Crippen molar-refractivity contribution >= 4 is 35.8 Å². The Kier molecular flexibility index (Phi) is 4.12. The van der Waals surface area contributed by atoms with Gasteiger partial charge in [-0.25, -0.2) is 4.79 Å². The van der Waals surface area contributed by atoms with E-state index in [1.54, 1.807) is 6.21 Å². The van der Waals surface area contributed by atoms with Crippen LogP contribution in [0.1, 0.15) is 13.8 Å². The van der Waals surface area contributed by atoms with Crippen LogP contribution in [0.25, 0.3) is 0 Å². The van der Waals surface area contributed by atoms with E-state index in [1.807, 2.05) is 23.5 Å². The Bertz CT molecular complexity index is 247. The van der Waals surface area contributed by atoms with E-state index >= 15 is 0 Å². The predicted octanol–water partition coefficient (Wildman–Crippen LogP) is 1.91. The van der Waals surface area contributed by atoms with Crippen LogP contribution in [0.2, 0.25) is 0 Å². The van der Waals surface area contributed by atoms with Gasteiger partial charge in [-0.3, -0.25) is 4.84 Å². The molecule has 1 aliphatic heterocycles. The number of hydrogen-bond acceptors (Lipinski definition) is 5. The van der Waals surface area contributed by atoms with Crippen LogP contribution in [-0.2, 0) is 4.84 Å². The highest BCUT2D eigenvalue weighted by atomic mass is 32.2. The zero-order chi connectivity index (χ0) is 10.6. The topological polar surface area (TPSA) is 50.7 Å². The second-order valence-electron chi connectivity index (χ2n) is 3.12. The summed E-state index contributed by atoms with van der Waals surface area (Å²) in [6.45, 7) is 4.25. The second-order valence-corrected chi connectivity index (χ2v) is 6.74. The Morgan fingerprint density at radius 1 is 1.79 bits per heavy atom. The van der Waals surface area contributed by atoms with Crippen molar-refractivity contribution in [1.82, 2.24) is 5.32 Å². The molecule has 1 amide bonds. The zero-order valence-electron chi connectivity index (χ0n) is 8.44. The number of nitrogens with zero attached hydrogens (tertiary/aromatic N) is 1. The lowest BCUT2D eigenvalue weighted by Crippen LogP contribution is -2.19. The van der Waals surface area contributed by atoms with E-state index in [0.717, 1.165) is 5.75 Å². The lowest BCUT2D eigenvalue weighted by atomic mass is 10.5. The monoisotopic (exact) mass is 234 g/mol. The van der Waals surface area contributed by atoms with Crippen molar-refractivity contribution in [2.24, 2.45) is 5.16 Å². The fourth-order valence-corrected chi connectivity index (χ4v) is 4.07. The van der Waals surface area contributed by atoms with Crippen molar-refractivity contribution in [3.8, 4) is 0 Å². The summed E-state index contributed by atoms with van der Waals surface area (Å²) in [4.78, 5) is 15.2. The fourth-order valence-electron chi connectivity index (χ4n) is 1.03. The smallest absolute Gasteiger partial charge is 0.323 e. The number of thioether (sulfide) groups is 2. The highest BCUT2D eigenvalue weighted by molar-refractivity contribution is 8.22. The molecule has 1 fully saturated rings. The van der Waals surface area contributed by atoms with E-state index in [2.05, 4.69) is 29.2 Å². The van der Waals surface area contributed by atoms with Gasteiger partial charge in [0, 0.05) is 18.1 Å². The van der Waals surface area contributed by atoms with Crippen molar-refractivity contribution in [1.29, 1.82) is 0 Å². The molecule has 0 aromatic rings. The number of carbonyl (C=O) groups is 1. The molecule has 0 bridgehead atoms. The van der Waals surface area contributed by atoms with Gasteiger partial charge in [0.05, 0.1) is 10.3 Å². The van der Waals surface area contributed by atoms with Crippen LogP contribution in [0, 0.1) is 0 Å². The zero-order valence-corrected chi connectivity index (χ0v) is 10.1.